The van der Waals surface area contributed by atoms with Crippen LogP contribution in [-0.2, 0) is 4.74 Å². The van der Waals surface area contributed by atoms with E-state index < -0.39 is 0 Å². The summed E-state index contributed by atoms with van der Waals surface area (Å²) in [5, 5.41) is 0. The molecule has 0 aliphatic heterocycles. The van der Waals surface area contributed by atoms with Gasteiger partial charge in [-0.05, 0) is 26.1 Å². The van der Waals surface area contributed by atoms with Crippen molar-refractivity contribution in [2.75, 3.05) is 0 Å². The summed E-state index contributed by atoms with van der Waals surface area (Å²) in [4.78, 5) is 0. The Morgan fingerprint density at radius 1 is 1.62 bits per heavy atom. The van der Waals surface area contributed by atoms with Gasteiger partial charge in [-0.1, -0.05) is 12.6 Å². The van der Waals surface area contributed by atoms with E-state index in [4.69, 9.17) is 4.74 Å². The molecular formula is C4H9KOS2. The summed E-state index contributed by atoms with van der Waals surface area (Å²) in [5.74, 6) is 0. The Balaban J connectivity index is 0. The average Bonchev–Trinajstić information content (AvgIpc) is 1.27. The van der Waals surface area contributed by atoms with Crippen LogP contribution in [-0.4, -0.2) is 61.9 Å². The topological polar surface area (TPSA) is 9.23 Å². The van der Waals surface area contributed by atoms with Crippen LogP contribution in [0.3, 0.4) is 0 Å². The van der Waals surface area contributed by atoms with E-state index in [-0.39, 0.29) is 57.5 Å². The third-order valence-electron chi connectivity index (χ3n) is 0.337. The molecule has 0 rings (SSSR count). The molecule has 4 heteroatoms. The fourth-order valence-corrected chi connectivity index (χ4v) is 0.605. The number of thiol groups is 1. The van der Waals surface area contributed by atoms with Gasteiger partial charge in [-0.25, -0.2) is 0 Å². The number of hydrogen-bond donors (Lipinski definition) is 1. The first kappa shape index (κ1) is 12.5. The van der Waals surface area contributed by atoms with Crippen molar-refractivity contribution in [3.05, 3.63) is 0 Å². The van der Waals surface area contributed by atoms with Gasteiger partial charge >= 0.3 is 51.4 Å². The number of rotatable bonds is 1. The first-order chi connectivity index (χ1) is 3.13. The van der Waals surface area contributed by atoms with E-state index in [2.05, 4.69) is 24.8 Å². The van der Waals surface area contributed by atoms with E-state index in [1.165, 1.54) is 0 Å². The van der Waals surface area contributed by atoms with Gasteiger partial charge in [0.15, 0.2) is 0 Å². The molecule has 0 spiro atoms. The predicted octanol–water partition coefficient (Wildman–Crippen LogP) is 0.978. The van der Waals surface area contributed by atoms with Crippen molar-refractivity contribution in [1.82, 2.24) is 0 Å². The Morgan fingerprint density at radius 3 is 2.00 bits per heavy atom. The maximum absolute atomic E-state index is 4.85. The molecule has 0 fully saturated rings. The van der Waals surface area contributed by atoms with E-state index in [1.807, 2.05) is 13.8 Å². The van der Waals surface area contributed by atoms with Crippen molar-refractivity contribution in [2.45, 2.75) is 20.0 Å². The maximum atomic E-state index is 4.85. The second-order valence-electron chi connectivity index (χ2n) is 1.43. The number of ether oxygens (including phenoxy) is 1. The third kappa shape index (κ3) is 10.8. The molecule has 0 radical (unpaired) electrons. The van der Waals surface area contributed by atoms with Crippen molar-refractivity contribution in [1.29, 1.82) is 0 Å². The van der Waals surface area contributed by atoms with Crippen LogP contribution in [0, 0.1) is 0 Å². The summed E-state index contributed by atoms with van der Waals surface area (Å²) in [5.41, 5.74) is 0. The van der Waals surface area contributed by atoms with Gasteiger partial charge in [0.1, 0.15) is 0 Å². The molecule has 0 saturated carbocycles. The summed E-state index contributed by atoms with van der Waals surface area (Å²) in [6.45, 7) is 3.81. The minimum atomic E-state index is 0. The molecule has 0 aliphatic rings. The number of thiocarbonyl (C=S) groups is 1. The Hall–Kier alpha value is 1.88. The molecule has 0 aromatic carbocycles. The van der Waals surface area contributed by atoms with E-state index in [9.17, 15) is 0 Å². The van der Waals surface area contributed by atoms with Crippen molar-refractivity contribution in [2.24, 2.45) is 0 Å². The van der Waals surface area contributed by atoms with Gasteiger partial charge in [0.2, 0.25) is 4.38 Å². The van der Waals surface area contributed by atoms with Crippen molar-refractivity contribution < 1.29 is 4.74 Å². The average molecular weight is 176 g/mol. The summed E-state index contributed by atoms with van der Waals surface area (Å²) < 4.78 is 5.16. The van der Waals surface area contributed by atoms with Gasteiger partial charge in [0.05, 0.1) is 6.10 Å². The minimum absolute atomic E-state index is 0. The van der Waals surface area contributed by atoms with Gasteiger partial charge in [0.25, 0.3) is 0 Å². The zero-order valence-electron chi connectivity index (χ0n) is 4.34. The summed E-state index contributed by atoms with van der Waals surface area (Å²) in [7, 11) is 0. The first-order valence-corrected chi connectivity index (χ1v) is 2.88. The zero-order chi connectivity index (χ0) is 5.86. The van der Waals surface area contributed by atoms with Crippen molar-refractivity contribution in [3.63, 3.8) is 0 Å². The van der Waals surface area contributed by atoms with E-state index >= 15 is 0 Å². The quantitative estimate of drug-likeness (QED) is 0.362. The second-order valence-corrected chi connectivity index (χ2v) is 2.51. The van der Waals surface area contributed by atoms with Gasteiger partial charge in [-0.3, -0.25) is 0 Å². The monoisotopic (exact) mass is 176 g/mol. The fraction of sp³-hybridized carbons (Fsp3) is 0.750. The zero-order valence-corrected chi connectivity index (χ0v) is 6.05. The van der Waals surface area contributed by atoms with Crippen molar-refractivity contribution >= 4 is 80.6 Å². The third-order valence-corrected chi connectivity index (χ3v) is 0.538. The predicted molar refractivity (Wildman–Crippen MR) is 45.0 cm³/mol. The Bertz CT molecular complexity index is 74.4. The molecular weight excluding hydrogens is 167 g/mol. The molecule has 0 N–H and O–H groups in total. The van der Waals surface area contributed by atoms with Crippen LogP contribution < -0.4 is 0 Å². The summed E-state index contributed by atoms with van der Waals surface area (Å²) >= 11 is 8.26. The molecule has 0 amide bonds. The molecule has 8 heavy (non-hydrogen) atoms. The Morgan fingerprint density at radius 2 is 2.00 bits per heavy atom. The summed E-state index contributed by atoms with van der Waals surface area (Å²) in [6.07, 6.45) is 0.157. The van der Waals surface area contributed by atoms with Crippen LogP contribution >= 0.6 is 24.8 Å². The second kappa shape index (κ2) is 6.99. The fourth-order valence-electron chi connectivity index (χ4n) is 0.202. The Labute approximate surface area is 103 Å². The molecule has 0 heterocycles. The molecule has 0 unspecified atom stereocenters. The van der Waals surface area contributed by atoms with Crippen molar-refractivity contribution in [3.8, 4) is 0 Å². The van der Waals surface area contributed by atoms with Crippen LogP contribution in [0.2, 0.25) is 0 Å². The number of hydrogen-bond acceptors (Lipinski definition) is 2. The molecule has 0 saturated heterocycles. The van der Waals surface area contributed by atoms with Gasteiger partial charge < -0.3 is 4.74 Å². The van der Waals surface area contributed by atoms with Crippen LogP contribution in [0.15, 0.2) is 0 Å². The molecule has 0 aromatic rings. The molecule has 0 aliphatic carbocycles. The van der Waals surface area contributed by atoms with Gasteiger partial charge in [0, 0.05) is 0 Å². The standard InChI is InChI=1S/C4H8OS2.K.H/c1-3(2)5-4(6)7;;/h3H,1-2H3,(H,6,7);;. The summed E-state index contributed by atoms with van der Waals surface area (Å²) in [6, 6.07) is 0. The Kier molecular flexibility index (Phi) is 11.0. The molecule has 0 atom stereocenters. The molecule has 1 nitrogen and oxygen atoms in total. The van der Waals surface area contributed by atoms with Crippen LogP contribution in [0.5, 0.6) is 0 Å². The molecule has 44 valence electrons. The van der Waals surface area contributed by atoms with E-state index in [0.29, 0.717) is 4.38 Å². The van der Waals surface area contributed by atoms with Gasteiger partial charge in [-0.15, -0.1) is 0 Å². The normalized spacial score (nSPS) is 8.00. The van der Waals surface area contributed by atoms with E-state index in [1.54, 1.807) is 0 Å². The SMILES string of the molecule is CC(C)OC(=S)S.[KH]. The van der Waals surface area contributed by atoms with E-state index in [0.717, 1.165) is 0 Å². The van der Waals surface area contributed by atoms with Crippen LogP contribution in [0.1, 0.15) is 13.8 Å². The van der Waals surface area contributed by atoms with Crippen LogP contribution in [0.25, 0.3) is 0 Å². The molecule has 0 bridgehead atoms. The van der Waals surface area contributed by atoms with Crippen LogP contribution in [0.4, 0.5) is 0 Å². The molecule has 0 aromatic heterocycles. The van der Waals surface area contributed by atoms with Gasteiger partial charge in [-0.2, -0.15) is 0 Å². The first-order valence-electron chi connectivity index (χ1n) is 2.02.